The molecule has 0 radical (unpaired) electrons. The molecule has 152 valence electrons. The molecule has 2 aromatic carbocycles. The van der Waals surface area contributed by atoms with Gasteiger partial charge in [-0.3, -0.25) is 4.79 Å². The number of allylic oxidation sites excluding steroid dienone is 1. The number of benzene rings is 2. The molecule has 0 fully saturated rings. The van der Waals surface area contributed by atoms with E-state index in [-0.39, 0.29) is 11.4 Å². The van der Waals surface area contributed by atoms with Crippen molar-refractivity contribution in [3.8, 4) is 11.8 Å². The summed E-state index contributed by atoms with van der Waals surface area (Å²) in [6.45, 7) is 1.43. The smallest absolute Gasteiger partial charge is 0.288 e. The van der Waals surface area contributed by atoms with Crippen molar-refractivity contribution in [1.29, 1.82) is 5.26 Å². The highest BCUT2D eigenvalue weighted by molar-refractivity contribution is 6.14. The molecule has 1 aromatic heterocycles. The zero-order valence-electron chi connectivity index (χ0n) is 15.3. The molecule has 30 heavy (non-hydrogen) atoms. The van der Waals surface area contributed by atoms with Gasteiger partial charge in [-0.05, 0) is 55.0 Å². The predicted octanol–water partition coefficient (Wildman–Crippen LogP) is 5.27. The fourth-order valence-corrected chi connectivity index (χ4v) is 2.74. The summed E-state index contributed by atoms with van der Waals surface area (Å²) in [5.41, 5.74) is -1.40. The minimum Gasteiger partial charge on any atom is -0.288 e. The minimum atomic E-state index is -4.60. The Kier molecular flexibility index (Phi) is 5.52. The number of nitrogens with zero attached hydrogens (tertiary/aromatic N) is 3. The van der Waals surface area contributed by atoms with Crippen LogP contribution in [0.15, 0.2) is 54.1 Å². The SMILES string of the molecule is Cc1cc(C(F)(F)F)n(-c2ccc(/C=C(\C#N)C(=O)c3cc(F)ccc3F)cc2)n1. The van der Waals surface area contributed by atoms with Gasteiger partial charge in [0.2, 0.25) is 5.78 Å². The van der Waals surface area contributed by atoms with Crippen LogP contribution in [-0.2, 0) is 6.18 Å². The molecule has 0 unspecified atom stereocenters. The maximum atomic E-state index is 13.8. The number of carbonyl (C=O) groups is 1. The van der Waals surface area contributed by atoms with Crippen LogP contribution < -0.4 is 0 Å². The monoisotopic (exact) mass is 417 g/mol. The second kappa shape index (κ2) is 7.91. The fourth-order valence-electron chi connectivity index (χ4n) is 2.74. The maximum absolute atomic E-state index is 13.8. The minimum absolute atomic E-state index is 0.119. The molecule has 0 spiro atoms. The second-order valence-electron chi connectivity index (χ2n) is 6.30. The van der Waals surface area contributed by atoms with Gasteiger partial charge in [-0.1, -0.05) is 12.1 Å². The number of hydrogen-bond acceptors (Lipinski definition) is 3. The van der Waals surface area contributed by atoms with E-state index in [1.807, 2.05) is 0 Å². The van der Waals surface area contributed by atoms with Crippen LogP contribution in [0.25, 0.3) is 11.8 Å². The van der Waals surface area contributed by atoms with Gasteiger partial charge in [0.15, 0.2) is 0 Å². The van der Waals surface area contributed by atoms with Crippen LogP contribution in [-0.4, -0.2) is 15.6 Å². The zero-order valence-corrected chi connectivity index (χ0v) is 15.3. The summed E-state index contributed by atoms with van der Waals surface area (Å²) in [7, 11) is 0. The molecule has 0 saturated heterocycles. The fraction of sp³-hybridized carbons (Fsp3) is 0.0952. The van der Waals surface area contributed by atoms with Crippen LogP contribution >= 0.6 is 0 Å². The molecule has 3 aromatic rings. The predicted molar refractivity (Wildman–Crippen MR) is 97.6 cm³/mol. The van der Waals surface area contributed by atoms with Crippen molar-refractivity contribution in [1.82, 2.24) is 9.78 Å². The van der Waals surface area contributed by atoms with E-state index in [9.17, 15) is 32.0 Å². The molecule has 0 aliphatic carbocycles. The second-order valence-corrected chi connectivity index (χ2v) is 6.30. The molecule has 0 aliphatic rings. The van der Waals surface area contributed by atoms with Gasteiger partial charge in [0.05, 0.1) is 16.9 Å². The first-order valence-electron chi connectivity index (χ1n) is 8.46. The van der Waals surface area contributed by atoms with Crippen LogP contribution in [0.2, 0.25) is 0 Å². The Morgan fingerprint density at radius 1 is 1.10 bits per heavy atom. The zero-order chi connectivity index (χ0) is 22.1. The molecule has 4 nitrogen and oxygen atoms in total. The maximum Gasteiger partial charge on any atom is 0.433 e. The van der Waals surface area contributed by atoms with Gasteiger partial charge in [0.25, 0.3) is 0 Å². The number of hydrogen-bond donors (Lipinski definition) is 0. The van der Waals surface area contributed by atoms with E-state index in [0.29, 0.717) is 11.6 Å². The van der Waals surface area contributed by atoms with E-state index in [2.05, 4.69) is 5.10 Å². The van der Waals surface area contributed by atoms with E-state index in [4.69, 9.17) is 0 Å². The number of aromatic nitrogens is 2. The number of alkyl halides is 3. The van der Waals surface area contributed by atoms with Crippen LogP contribution in [0.4, 0.5) is 22.0 Å². The number of carbonyl (C=O) groups excluding carboxylic acids is 1. The molecule has 0 N–H and O–H groups in total. The Morgan fingerprint density at radius 3 is 2.37 bits per heavy atom. The van der Waals surface area contributed by atoms with Gasteiger partial charge in [0.1, 0.15) is 29.0 Å². The summed E-state index contributed by atoms with van der Waals surface area (Å²) in [6, 6.07) is 10.2. The van der Waals surface area contributed by atoms with Crippen molar-refractivity contribution in [3.63, 3.8) is 0 Å². The molecule has 1 heterocycles. The van der Waals surface area contributed by atoms with Crippen LogP contribution in [0.1, 0.15) is 27.3 Å². The molecule has 0 atom stereocenters. The third-order valence-electron chi connectivity index (χ3n) is 4.11. The number of halogens is 5. The summed E-state index contributed by atoms with van der Waals surface area (Å²) >= 11 is 0. The van der Waals surface area contributed by atoms with E-state index < -0.39 is 40.4 Å². The van der Waals surface area contributed by atoms with E-state index in [1.54, 1.807) is 6.07 Å². The molecule has 0 aliphatic heterocycles. The largest absolute Gasteiger partial charge is 0.433 e. The Balaban J connectivity index is 1.95. The lowest BCUT2D eigenvalue weighted by atomic mass is 10.0. The molecule has 0 amide bonds. The van der Waals surface area contributed by atoms with Crippen molar-refractivity contribution in [2.75, 3.05) is 0 Å². The Morgan fingerprint density at radius 2 is 1.77 bits per heavy atom. The van der Waals surface area contributed by atoms with Gasteiger partial charge >= 0.3 is 6.18 Å². The van der Waals surface area contributed by atoms with Crippen LogP contribution in [0.3, 0.4) is 0 Å². The molecule has 3 rings (SSSR count). The molecule has 0 bridgehead atoms. The van der Waals surface area contributed by atoms with Crippen molar-refractivity contribution >= 4 is 11.9 Å². The first-order valence-corrected chi connectivity index (χ1v) is 8.46. The number of rotatable bonds is 4. The molecular weight excluding hydrogens is 405 g/mol. The van der Waals surface area contributed by atoms with Gasteiger partial charge in [-0.2, -0.15) is 23.5 Å². The Labute approximate surface area is 167 Å². The average Bonchev–Trinajstić information content (AvgIpc) is 3.10. The van der Waals surface area contributed by atoms with Gasteiger partial charge in [-0.15, -0.1) is 0 Å². The van der Waals surface area contributed by atoms with E-state index >= 15 is 0 Å². The van der Waals surface area contributed by atoms with E-state index in [0.717, 1.165) is 29.0 Å². The number of ketones is 1. The number of nitriles is 1. The van der Waals surface area contributed by atoms with Gasteiger partial charge in [0, 0.05) is 0 Å². The lowest BCUT2D eigenvalue weighted by Gasteiger charge is -2.10. The first kappa shape index (κ1) is 20.9. The molecule has 0 saturated carbocycles. The summed E-state index contributed by atoms with van der Waals surface area (Å²) in [5.74, 6) is -2.83. The molecular formula is C21H12F5N3O. The average molecular weight is 417 g/mol. The first-order chi connectivity index (χ1) is 14.1. The van der Waals surface area contributed by atoms with Gasteiger partial charge in [-0.25, -0.2) is 13.5 Å². The van der Waals surface area contributed by atoms with Crippen LogP contribution in [0.5, 0.6) is 0 Å². The quantitative estimate of drug-likeness (QED) is 0.252. The topological polar surface area (TPSA) is 58.7 Å². The summed E-state index contributed by atoms with van der Waals surface area (Å²) in [4.78, 5) is 12.4. The Bertz CT molecular complexity index is 1180. The highest BCUT2D eigenvalue weighted by Gasteiger charge is 2.35. The highest BCUT2D eigenvalue weighted by Crippen LogP contribution is 2.31. The van der Waals surface area contributed by atoms with Crippen molar-refractivity contribution in [2.45, 2.75) is 13.1 Å². The third-order valence-corrected chi connectivity index (χ3v) is 4.11. The van der Waals surface area contributed by atoms with Crippen molar-refractivity contribution in [2.24, 2.45) is 0 Å². The van der Waals surface area contributed by atoms with E-state index in [1.165, 1.54) is 31.2 Å². The normalized spacial score (nSPS) is 12.0. The van der Waals surface area contributed by atoms with Gasteiger partial charge < -0.3 is 0 Å². The number of Topliss-reactive ketones (excluding diaryl/α,β-unsaturated/α-hetero) is 1. The lowest BCUT2D eigenvalue weighted by Crippen LogP contribution is -2.13. The summed E-state index contributed by atoms with van der Waals surface area (Å²) in [5, 5.41) is 13.1. The third kappa shape index (κ3) is 4.27. The van der Waals surface area contributed by atoms with Crippen molar-refractivity contribution in [3.05, 3.63) is 88.3 Å². The standard InChI is InChI=1S/C21H12F5N3O/c1-12-8-19(21(24,25)26)29(28-12)16-5-2-13(3-6-16)9-14(11-27)20(30)17-10-15(22)4-7-18(17)23/h2-10H,1H3/b14-9+. The highest BCUT2D eigenvalue weighted by atomic mass is 19.4. The lowest BCUT2D eigenvalue weighted by molar-refractivity contribution is -0.142. The number of aryl methyl sites for hydroxylation is 1. The summed E-state index contributed by atoms with van der Waals surface area (Å²) in [6.07, 6.45) is -3.47. The molecule has 9 heteroatoms. The van der Waals surface area contributed by atoms with Crippen LogP contribution in [0, 0.1) is 29.9 Å². The summed E-state index contributed by atoms with van der Waals surface area (Å²) < 4.78 is 67.3. The Hall–Kier alpha value is -3.80. The van der Waals surface area contributed by atoms with Crippen molar-refractivity contribution < 1.29 is 26.7 Å².